The number of carbonyl (C=O) groups excluding carboxylic acids is 2. The predicted molar refractivity (Wildman–Crippen MR) is 97.9 cm³/mol. The van der Waals surface area contributed by atoms with Crippen LogP contribution in [0.1, 0.15) is 30.1 Å². The van der Waals surface area contributed by atoms with Gasteiger partial charge in [0, 0.05) is 32.9 Å². The lowest BCUT2D eigenvalue weighted by Crippen LogP contribution is -2.47. The molecule has 0 aromatic heterocycles. The van der Waals surface area contributed by atoms with Crippen molar-refractivity contribution in [3.05, 3.63) is 29.8 Å². The van der Waals surface area contributed by atoms with Crippen molar-refractivity contribution < 1.29 is 22.7 Å². The molecular weight excluding hydrogens is 358 g/mol. The highest BCUT2D eigenvalue weighted by molar-refractivity contribution is 7.86. The maximum absolute atomic E-state index is 12.5. The highest BCUT2D eigenvalue weighted by Gasteiger charge is 2.33. The number of hydrogen-bond donors (Lipinski definition) is 1. The summed E-state index contributed by atoms with van der Waals surface area (Å²) in [4.78, 5) is 24.1. The average molecular weight is 383 g/mol. The Bertz CT molecular complexity index is 746. The summed E-state index contributed by atoms with van der Waals surface area (Å²) in [5.74, 6) is -1.06. The van der Waals surface area contributed by atoms with Crippen molar-refractivity contribution in [2.24, 2.45) is 5.92 Å². The molecule has 1 aliphatic heterocycles. The van der Waals surface area contributed by atoms with Crippen LogP contribution in [0.2, 0.25) is 0 Å². The molecule has 1 amide bonds. The summed E-state index contributed by atoms with van der Waals surface area (Å²) in [7, 11) is -0.572. The zero-order valence-electron chi connectivity index (χ0n) is 15.3. The Labute approximate surface area is 154 Å². The van der Waals surface area contributed by atoms with Crippen LogP contribution in [0.4, 0.5) is 5.69 Å². The minimum Gasteiger partial charge on any atom is -0.462 e. The molecule has 9 heteroatoms. The summed E-state index contributed by atoms with van der Waals surface area (Å²) in [5.41, 5.74) is 0.960. The van der Waals surface area contributed by atoms with Crippen LogP contribution in [0.15, 0.2) is 24.3 Å². The van der Waals surface area contributed by atoms with E-state index >= 15 is 0 Å². The number of nitrogens with one attached hydrogen (secondary N) is 1. The molecule has 1 aliphatic rings. The van der Waals surface area contributed by atoms with E-state index in [4.69, 9.17) is 4.74 Å². The summed E-state index contributed by atoms with van der Waals surface area (Å²) in [6.45, 7) is 2.60. The Balaban J connectivity index is 2.00. The van der Waals surface area contributed by atoms with Gasteiger partial charge in [-0.05, 0) is 44.0 Å². The number of hydrogen-bond acceptors (Lipinski definition) is 5. The zero-order valence-corrected chi connectivity index (χ0v) is 16.1. The molecule has 1 aromatic carbocycles. The second-order valence-corrected chi connectivity index (χ2v) is 8.42. The van der Waals surface area contributed by atoms with Crippen LogP contribution in [0, 0.1) is 5.92 Å². The lowest BCUT2D eigenvalue weighted by molar-refractivity contribution is -0.120. The van der Waals surface area contributed by atoms with Crippen molar-refractivity contribution in [1.29, 1.82) is 0 Å². The van der Waals surface area contributed by atoms with Gasteiger partial charge in [0.15, 0.2) is 0 Å². The first-order chi connectivity index (χ1) is 12.3. The Kier molecular flexibility index (Phi) is 6.74. The molecule has 1 unspecified atom stereocenters. The van der Waals surface area contributed by atoms with E-state index in [0.717, 1.165) is 4.31 Å². The van der Waals surface area contributed by atoms with Crippen molar-refractivity contribution >= 4 is 27.8 Å². The van der Waals surface area contributed by atoms with E-state index in [1.807, 2.05) is 0 Å². The molecule has 1 saturated heterocycles. The van der Waals surface area contributed by atoms with Gasteiger partial charge < -0.3 is 10.1 Å². The third-order valence-electron chi connectivity index (χ3n) is 4.21. The minimum absolute atomic E-state index is 0.160. The van der Waals surface area contributed by atoms with Crippen molar-refractivity contribution in [3.63, 3.8) is 0 Å². The Morgan fingerprint density at radius 2 is 1.92 bits per heavy atom. The number of amides is 1. The Morgan fingerprint density at radius 1 is 1.27 bits per heavy atom. The van der Waals surface area contributed by atoms with Crippen molar-refractivity contribution in [3.8, 4) is 0 Å². The topological polar surface area (TPSA) is 96.0 Å². The quantitative estimate of drug-likeness (QED) is 0.748. The number of nitrogens with zero attached hydrogens (tertiary/aromatic N) is 2. The molecule has 0 radical (unpaired) electrons. The van der Waals surface area contributed by atoms with Gasteiger partial charge in [-0.1, -0.05) is 0 Å². The van der Waals surface area contributed by atoms with Gasteiger partial charge in [-0.2, -0.15) is 17.0 Å². The number of esters is 1. The van der Waals surface area contributed by atoms with E-state index < -0.39 is 22.1 Å². The number of ether oxygens (including phenoxy) is 1. The van der Waals surface area contributed by atoms with Crippen molar-refractivity contribution in [2.45, 2.75) is 19.8 Å². The van der Waals surface area contributed by atoms with Gasteiger partial charge in [0.25, 0.3) is 10.2 Å². The number of benzene rings is 1. The monoisotopic (exact) mass is 383 g/mol. The summed E-state index contributed by atoms with van der Waals surface area (Å²) in [6.07, 6.45) is 1.26. The number of carbonyl (C=O) groups is 2. The fourth-order valence-electron chi connectivity index (χ4n) is 2.75. The fourth-order valence-corrected chi connectivity index (χ4v) is 3.94. The van der Waals surface area contributed by atoms with Gasteiger partial charge in [0.2, 0.25) is 5.91 Å². The first-order valence-electron chi connectivity index (χ1n) is 8.51. The van der Waals surface area contributed by atoms with Crippen LogP contribution in [0.3, 0.4) is 0 Å². The summed E-state index contributed by atoms with van der Waals surface area (Å²) >= 11 is 0. The smallest absolute Gasteiger partial charge is 0.338 e. The molecule has 1 fully saturated rings. The molecule has 0 bridgehead atoms. The molecule has 1 atom stereocenters. The van der Waals surface area contributed by atoms with Crippen molar-refractivity contribution in [1.82, 2.24) is 8.61 Å². The summed E-state index contributed by atoms with van der Waals surface area (Å²) in [6, 6.07) is 6.41. The van der Waals surface area contributed by atoms with E-state index in [-0.39, 0.29) is 12.5 Å². The maximum atomic E-state index is 12.5. The van der Waals surface area contributed by atoms with Gasteiger partial charge in [0.1, 0.15) is 0 Å². The van der Waals surface area contributed by atoms with E-state index in [9.17, 15) is 18.0 Å². The van der Waals surface area contributed by atoms with Crippen LogP contribution in [0.25, 0.3) is 0 Å². The molecule has 144 valence electrons. The normalized spacial score (nSPS) is 18.5. The van der Waals surface area contributed by atoms with Crippen LogP contribution in [-0.4, -0.2) is 62.7 Å². The number of rotatable bonds is 6. The van der Waals surface area contributed by atoms with Gasteiger partial charge in [-0.15, -0.1) is 0 Å². The van der Waals surface area contributed by atoms with E-state index in [2.05, 4.69) is 5.32 Å². The largest absolute Gasteiger partial charge is 0.462 e. The standard InChI is InChI=1S/C17H25N3O5S/c1-4-25-17(22)13-7-9-15(10-8-13)18-16(21)14-6-5-11-20(12-14)26(23,24)19(2)3/h7-10,14H,4-6,11-12H2,1-3H3,(H,18,21). The van der Waals surface area contributed by atoms with E-state index in [1.54, 1.807) is 31.2 Å². The van der Waals surface area contributed by atoms with E-state index in [0.29, 0.717) is 37.2 Å². The molecule has 8 nitrogen and oxygen atoms in total. The average Bonchev–Trinajstić information content (AvgIpc) is 2.62. The summed E-state index contributed by atoms with van der Waals surface area (Å²) in [5, 5.41) is 2.78. The lowest BCUT2D eigenvalue weighted by Gasteiger charge is -2.32. The van der Waals surface area contributed by atoms with Crippen LogP contribution >= 0.6 is 0 Å². The Morgan fingerprint density at radius 3 is 2.50 bits per heavy atom. The number of piperidine rings is 1. The first kappa shape index (κ1) is 20.3. The molecule has 0 spiro atoms. The van der Waals surface area contributed by atoms with Gasteiger partial charge in [0.05, 0.1) is 18.1 Å². The molecule has 1 N–H and O–H groups in total. The first-order valence-corrected chi connectivity index (χ1v) is 9.91. The molecule has 0 aliphatic carbocycles. The maximum Gasteiger partial charge on any atom is 0.338 e. The lowest BCUT2D eigenvalue weighted by atomic mass is 9.98. The molecule has 26 heavy (non-hydrogen) atoms. The number of anilines is 1. The molecule has 0 saturated carbocycles. The molecular formula is C17H25N3O5S. The van der Waals surface area contributed by atoms with Gasteiger partial charge in [-0.25, -0.2) is 4.79 Å². The highest BCUT2D eigenvalue weighted by atomic mass is 32.2. The molecule has 2 rings (SSSR count). The second-order valence-electron chi connectivity index (χ2n) is 6.27. The van der Waals surface area contributed by atoms with Gasteiger partial charge in [-0.3, -0.25) is 4.79 Å². The fraction of sp³-hybridized carbons (Fsp3) is 0.529. The SMILES string of the molecule is CCOC(=O)c1ccc(NC(=O)C2CCCN(S(=O)(=O)N(C)C)C2)cc1. The third-order valence-corrected chi connectivity index (χ3v) is 6.11. The van der Waals surface area contributed by atoms with Crippen molar-refractivity contribution in [2.75, 3.05) is 39.1 Å². The predicted octanol–water partition coefficient (Wildman–Crippen LogP) is 1.32. The second kappa shape index (κ2) is 8.61. The van der Waals surface area contributed by atoms with E-state index in [1.165, 1.54) is 18.4 Å². The zero-order chi connectivity index (χ0) is 19.3. The Hall–Kier alpha value is -1.97. The third kappa shape index (κ3) is 4.80. The van der Waals surface area contributed by atoms with Crippen LogP contribution in [0.5, 0.6) is 0 Å². The van der Waals surface area contributed by atoms with Crippen LogP contribution in [-0.2, 0) is 19.7 Å². The molecule has 1 heterocycles. The summed E-state index contributed by atoms with van der Waals surface area (Å²) < 4.78 is 31.9. The highest BCUT2D eigenvalue weighted by Crippen LogP contribution is 2.22. The minimum atomic E-state index is -3.52. The van der Waals surface area contributed by atoms with Gasteiger partial charge >= 0.3 is 5.97 Å². The van der Waals surface area contributed by atoms with Crippen LogP contribution < -0.4 is 5.32 Å². The molecule has 1 aromatic rings.